The fourth-order valence-electron chi connectivity index (χ4n) is 2.39. The fraction of sp³-hybridized carbons (Fsp3) is 0.263. The first kappa shape index (κ1) is 18.9. The second-order valence-corrected chi connectivity index (χ2v) is 6.01. The van der Waals surface area contributed by atoms with Crippen molar-refractivity contribution in [3.63, 3.8) is 0 Å². The minimum atomic E-state index is -0.292. The Kier molecular flexibility index (Phi) is 6.47. The molecule has 0 aliphatic heterocycles. The Labute approximate surface area is 153 Å². The highest BCUT2D eigenvalue weighted by molar-refractivity contribution is 7.80. The SMILES string of the molecule is CCN(CC)C(=O)c1cccc(NC(=S)Nc2ccc(C)c(F)c2)c1. The lowest BCUT2D eigenvalue weighted by atomic mass is 10.1. The van der Waals surface area contributed by atoms with Gasteiger partial charge in [0.25, 0.3) is 5.91 Å². The van der Waals surface area contributed by atoms with Gasteiger partial charge >= 0.3 is 0 Å². The zero-order chi connectivity index (χ0) is 18.4. The number of thiocarbonyl (C=S) groups is 1. The van der Waals surface area contributed by atoms with Crippen LogP contribution < -0.4 is 10.6 Å². The molecular weight excluding hydrogens is 337 g/mol. The lowest BCUT2D eigenvalue weighted by Gasteiger charge is -2.19. The van der Waals surface area contributed by atoms with E-state index in [0.717, 1.165) is 0 Å². The van der Waals surface area contributed by atoms with E-state index >= 15 is 0 Å². The van der Waals surface area contributed by atoms with Crippen LogP contribution in [0.3, 0.4) is 0 Å². The summed E-state index contributed by atoms with van der Waals surface area (Å²) in [5, 5.41) is 6.29. The monoisotopic (exact) mass is 359 g/mol. The van der Waals surface area contributed by atoms with Crippen molar-refractivity contribution in [3.8, 4) is 0 Å². The molecule has 2 aromatic rings. The number of amides is 1. The first-order valence-electron chi connectivity index (χ1n) is 8.18. The van der Waals surface area contributed by atoms with E-state index in [2.05, 4.69) is 10.6 Å². The van der Waals surface area contributed by atoms with Gasteiger partial charge in [-0.25, -0.2) is 4.39 Å². The lowest BCUT2D eigenvalue weighted by molar-refractivity contribution is 0.0773. The maximum absolute atomic E-state index is 13.6. The molecule has 0 aliphatic rings. The smallest absolute Gasteiger partial charge is 0.253 e. The van der Waals surface area contributed by atoms with Crippen LogP contribution in [0.4, 0.5) is 15.8 Å². The normalized spacial score (nSPS) is 10.2. The third-order valence-electron chi connectivity index (χ3n) is 3.85. The molecule has 6 heteroatoms. The standard InChI is InChI=1S/C19H22FN3OS/c1-4-23(5-2)18(24)14-7-6-8-15(11-14)21-19(25)22-16-10-9-13(3)17(20)12-16/h6-12H,4-5H2,1-3H3,(H2,21,22,25). The Morgan fingerprint density at radius 1 is 1.08 bits per heavy atom. The number of rotatable bonds is 5. The Morgan fingerprint density at radius 2 is 1.72 bits per heavy atom. The number of carbonyl (C=O) groups excluding carboxylic acids is 1. The van der Waals surface area contributed by atoms with Crippen LogP contribution in [0, 0.1) is 12.7 Å². The van der Waals surface area contributed by atoms with E-state index in [9.17, 15) is 9.18 Å². The number of aryl methyl sites for hydroxylation is 1. The molecule has 0 aliphatic carbocycles. The third-order valence-corrected chi connectivity index (χ3v) is 4.05. The Morgan fingerprint density at radius 3 is 2.32 bits per heavy atom. The van der Waals surface area contributed by atoms with Crippen molar-refractivity contribution >= 4 is 34.6 Å². The largest absolute Gasteiger partial charge is 0.339 e. The van der Waals surface area contributed by atoms with Crippen molar-refractivity contribution in [2.45, 2.75) is 20.8 Å². The lowest BCUT2D eigenvalue weighted by Crippen LogP contribution is -2.30. The van der Waals surface area contributed by atoms with Crippen molar-refractivity contribution in [1.29, 1.82) is 0 Å². The molecule has 2 aromatic carbocycles. The van der Waals surface area contributed by atoms with Crippen molar-refractivity contribution in [2.24, 2.45) is 0 Å². The molecule has 0 unspecified atom stereocenters. The first-order chi connectivity index (χ1) is 11.9. The molecule has 25 heavy (non-hydrogen) atoms. The second kappa shape index (κ2) is 8.58. The summed E-state index contributed by atoms with van der Waals surface area (Å²) in [7, 11) is 0. The predicted octanol–water partition coefficient (Wildman–Crippen LogP) is 4.43. The predicted molar refractivity (Wildman–Crippen MR) is 105 cm³/mol. The number of hydrogen-bond donors (Lipinski definition) is 2. The zero-order valence-electron chi connectivity index (χ0n) is 14.6. The Balaban J connectivity index is 2.07. The molecule has 4 nitrogen and oxygen atoms in total. The third kappa shape index (κ3) is 5.00. The number of halogens is 1. The maximum atomic E-state index is 13.6. The quantitative estimate of drug-likeness (QED) is 0.776. The number of nitrogens with zero attached hydrogens (tertiary/aromatic N) is 1. The molecule has 0 saturated carbocycles. The molecule has 0 atom stereocenters. The molecule has 0 radical (unpaired) electrons. The average Bonchev–Trinajstić information content (AvgIpc) is 2.59. The minimum Gasteiger partial charge on any atom is -0.339 e. The Bertz CT molecular complexity index is 775. The van der Waals surface area contributed by atoms with Gasteiger partial charge in [0, 0.05) is 30.0 Å². The molecule has 0 aromatic heterocycles. The van der Waals surface area contributed by atoms with Gasteiger partial charge in [-0.1, -0.05) is 12.1 Å². The van der Waals surface area contributed by atoms with Crippen LogP contribution in [0.25, 0.3) is 0 Å². The van der Waals surface area contributed by atoms with E-state index < -0.39 is 0 Å². The van der Waals surface area contributed by atoms with Gasteiger partial charge in [-0.05, 0) is 68.9 Å². The molecular formula is C19H22FN3OS. The van der Waals surface area contributed by atoms with Crippen molar-refractivity contribution in [1.82, 2.24) is 4.90 Å². The van der Waals surface area contributed by atoms with E-state index in [4.69, 9.17) is 12.2 Å². The van der Waals surface area contributed by atoms with E-state index in [1.807, 2.05) is 19.9 Å². The van der Waals surface area contributed by atoms with Gasteiger partial charge in [0.2, 0.25) is 0 Å². The van der Waals surface area contributed by atoms with Crippen molar-refractivity contribution < 1.29 is 9.18 Å². The van der Waals surface area contributed by atoms with Gasteiger partial charge in [0.15, 0.2) is 5.11 Å². The number of benzene rings is 2. The summed E-state index contributed by atoms with van der Waals surface area (Å²) >= 11 is 5.26. The van der Waals surface area contributed by atoms with Gasteiger partial charge in [0.1, 0.15) is 5.82 Å². The van der Waals surface area contributed by atoms with E-state index in [1.165, 1.54) is 6.07 Å². The second-order valence-electron chi connectivity index (χ2n) is 5.60. The van der Waals surface area contributed by atoms with Gasteiger partial charge in [-0.3, -0.25) is 4.79 Å². The highest BCUT2D eigenvalue weighted by Crippen LogP contribution is 2.16. The summed E-state index contributed by atoms with van der Waals surface area (Å²) in [5.74, 6) is -0.312. The molecule has 0 spiro atoms. The molecule has 2 N–H and O–H groups in total. The van der Waals surface area contributed by atoms with Crippen LogP contribution in [-0.4, -0.2) is 29.0 Å². The summed E-state index contributed by atoms with van der Waals surface area (Å²) in [4.78, 5) is 14.2. The molecule has 1 amide bonds. The zero-order valence-corrected chi connectivity index (χ0v) is 15.4. The van der Waals surface area contributed by atoms with Crippen LogP contribution in [-0.2, 0) is 0 Å². The molecule has 0 heterocycles. The fourth-order valence-corrected chi connectivity index (χ4v) is 2.62. The summed E-state index contributed by atoms with van der Waals surface area (Å²) in [6.45, 7) is 6.92. The van der Waals surface area contributed by atoms with Crippen LogP contribution in [0.15, 0.2) is 42.5 Å². The van der Waals surface area contributed by atoms with Crippen LogP contribution >= 0.6 is 12.2 Å². The van der Waals surface area contributed by atoms with E-state index in [0.29, 0.717) is 40.7 Å². The van der Waals surface area contributed by atoms with Crippen molar-refractivity contribution in [3.05, 3.63) is 59.4 Å². The van der Waals surface area contributed by atoms with Crippen LogP contribution in [0.1, 0.15) is 29.8 Å². The highest BCUT2D eigenvalue weighted by Gasteiger charge is 2.12. The summed E-state index contributed by atoms with van der Waals surface area (Å²) in [6, 6.07) is 12.0. The van der Waals surface area contributed by atoms with E-state index in [-0.39, 0.29) is 11.7 Å². The van der Waals surface area contributed by atoms with Gasteiger partial charge in [0.05, 0.1) is 0 Å². The molecule has 132 valence electrons. The first-order valence-corrected chi connectivity index (χ1v) is 8.59. The van der Waals surface area contributed by atoms with Gasteiger partial charge in [-0.2, -0.15) is 0 Å². The average molecular weight is 359 g/mol. The number of nitrogens with one attached hydrogen (secondary N) is 2. The molecule has 0 bridgehead atoms. The summed E-state index contributed by atoms with van der Waals surface area (Å²) in [5.41, 5.74) is 2.43. The summed E-state index contributed by atoms with van der Waals surface area (Å²) in [6.07, 6.45) is 0. The molecule has 0 fully saturated rings. The van der Waals surface area contributed by atoms with Crippen LogP contribution in [0.5, 0.6) is 0 Å². The number of anilines is 2. The maximum Gasteiger partial charge on any atom is 0.253 e. The topological polar surface area (TPSA) is 44.4 Å². The van der Waals surface area contributed by atoms with Gasteiger partial charge < -0.3 is 15.5 Å². The Hall–Kier alpha value is -2.47. The van der Waals surface area contributed by atoms with E-state index in [1.54, 1.807) is 42.2 Å². The molecule has 2 rings (SSSR count). The van der Waals surface area contributed by atoms with Crippen molar-refractivity contribution in [2.75, 3.05) is 23.7 Å². The summed E-state index contributed by atoms with van der Waals surface area (Å²) < 4.78 is 13.6. The number of carbonyl (C=O) groups is 1. The highest BCUT2D eigenvalue weighted by atomic mass is 32.1. The molecule has 0 saturated heterocycles. The minimum absolute atomic E-state index is 0.0202. The van der Waals surface area contributed by atoms with Crippen LogP contribution in [0.2, 0.25) is 0 Å². The van der Waals surface area contributed by atoms with Gasteiger partial charge in [-0.15, -0.1) is 0 Å². The number of hydrogen-bond acceptors (Lipinski definition) is 2.